The maximum Gasteiger partial charge on any atom is 0.317 e. The van der Waals surface area contributed by atoms with Gasteiger partial charge in [0.15, 0.2) is 0 Å². The van der Waals surface area contributed by atoms with E-state index in [1.54, 1.807) is 0 Å². The van der Waals surface area contributed by atoms with Gasteiger partial charge in [-0.2, -0.15) is 0 Å². The highest BCUT2D eigenvalue weighted by Crippen LogP contribution is 2.24. The number of hydrogen-bond acceptors (Lipinski definition) is 2. The summed E-state index contributed by atoms with van der Waals surface area (Å²) in [5.41, 5.74) is 1.10. The van der Waals surface area contributed by atoms with Gasteiger partial charge in [-0.1, -0.05) is 35.0 Å². The van der Waals surface area contributed by atoms with Crippen LogP contribution in [0.15, 0.2) is 28.7 Å². The van der Waals surface area contributed by atoms with Crippen LogP contribution in [-0.4, -0.2) is 37.2 Å². The van der Waals surface area contributed by atoms with Crippen molar-refractivity contribution in [2.75, 3.05) is 26.2 Å². The average molecular weight is 327 g/mol. The summed E-state index contributed by atoms with van der Waals surface area (Å²) in [5.74, 6) is 0. The third-order valence-corrected chi connectivity index (χ3v) is 3.59. The molecule has 0 aliphatic carbocycles. The van der Waals surface area contributed by atoms with Crippen molar-refractivity contribution in [1.82, 2.24) is 10.2 Å². The van der Waals surface area contributed by atoms with Crippen LogP contribution in [0, 0.1) is 0 Å². The van der Waals surface area contributed by atoms with Crippen molar-refractivity contribution in [3.63, 3.8) is 0 Å². The fourth-order valence-electron chi connectivity index (χ4n) is 2.09. The minimum Gasteiger partial charge on any atom is -0.370 e. The first-order valence-corrected chi connectivity index (χ1v) is 7.40. The summed E-state index contributed by atoms with van der Waals surface area (Å²) < 4.78 is 6.79. The summed E-state index contributed by atoms with van der Waals surface area (Å²) in [7, 11) is 0. The molecule has 1 unspecified atom stereocenters. The van der Waals surface area contributed by atoms with Crippen LogP contribution in [0.1, 0.15) is 25.0 Å². The molecule has 0 spiro atoms. The Balaban J connectivity index is 1.99. The molecule has 1 aliphatic rings. The van der Waals surface area contributed by atoms with E-state index in [9.17, 15) is 4.79 Å². The smallest absolute Gasteiger partial charge is 0.317 e. The second-order valence-corrected chi connectivity index (χ2v) is 5.51. The molecule has 0 saturated carbocycles. The molecule has 1 saturated heterocycles. The normalized spacial score (nSPS) is 19.3. The van der Waals surface area contributed by atoms with E-state index < -0.39 is 0 Å². The Morgan fingerprint density at radius 3 is 3.16 bits per heavy atom. The van der Waals surface area contributed by atoms with Crippen LogP contribution in [0.3, 0.4) is 0 Å². The zero-order chi connectivity index (χ0) is 13.7. The minimum absolute atomic E-state index is 0.00477. The van der Waals surface area contributed by atoms with Crippen LogP contribution in [0.4, 0.5) is 4.79 Å². The largest absolute Gasteiger partial charge is 0.370 e. The van der Waals surface area contributed by atoms with Crippen LogP contribution in [0.25, 0.3) is 0 Å². The lowest BCUT2D eigenvalue weighted by molar-refractivity contribution is -0.0154. The second-order valence-electron chi connectivity index (χ2n) is 4.59. The van der Waals surface area contributed by atoms with E-state index in [1.165, 1.54) is 0 Å². The van der Waals surface area contributed by atoms with Crippen molar-refractivity contribution in [3.05, 3.63) is 34.3 Å². The fourth-order valence-corrected chi connectivity index (χ4v) is 2.50. The lowest BCUT2D eigenvalue weighted by Gasteiger charge is -2.33. The molecule has 1 N–H and O–H groups in total. The van der Waals surface area contributed by atoms with Gasteiger partial charge in [-0.3, -0.25) is 0 Å². The molecule has 19 heavy (non-hydrogen) atoms. The third-order valence-electron chi connectivity index (χ3n) is 3.10. The predicted molar refractivity (Wildman–Crippen MR) is 78.1 cm³/mol. The second kappa shape index (κ2) is 6.91. The number of urea groups is 1. The first-order chi connectivity index (χ1) is 9.20. The lowest BCUT2D eigenvalue weighted by Crippen LogP contribution is -2.47. The van der Waals surface area contributed by atoms with E-state index in [0.717, 1.165) is 23.0 Å². The van der Waals surface area contributed by atoms with Gasteiger partial charge in [0.25, 0.3) is 0 Å². The molecule has 104 valence electrons. The van der Waals surface area contributed by atoms with Crippen molar-refractivity contribution in [2.45, 2.75) is 19.4 Å². The van der Waals surface area contributed by atoms with Gasteiger partial charge in [0, 0.05) is 17.6 Å². The molecule has 0 aromatic heterocycles. The van der Waals surface area contributed by atoms with E-state index in [1.807, 2.05) is 36.1 Å². The highest BCUT2D eigenvalue weighted by molar-refractivity contribution is 9.10. The van der Waals surface area contributed by atoms with Crippen molar-refractivity contribution in [2.24, 2.45) is 0 Å². The van der Waals surface area contributed by atoms with E-state index in [2.05, 4.69) is 21.2 Å². The van der Waals surface area contributed by atoms with E-state index in [-0.39, 0.29) is 12.1 Å². The molecule has 1 atom stereocenters. The van der Waals surface area contributed by atoms with Crippen LogP contribution < -0.4 is 5.32 Å². The molecule has 4 nitrogen and oxygen atoms in total. The SMILES string of the molecule is CCCNC(=O)N1CCOC(c2cccc(Br)c2)C1. The highest BCUT2D eigenvalue weighted by atomic mass is 79.9. The zero-order valence-electron chi connectivity index (χ0n) is 11.1. The molecule has 2 amide bonds. The third kappa shape index (κ3) is 3.94. The summed E-state index contributed by atoms with van der Waals surface area (Å²) in [6.07, 6.45) is 0.907. The van der Waals surface area contributed by atoms with E-state index in [0.29, 0.717) is 19.7 Å². The Bertz CT molecular complexity index is 439. The molecule has 0 radical (unpaired) electrons. The van der Waals surface area contributed by atoms with Gasteiger partial charge in [-0.05, 0) is 24.1 Å². The number of nitrogens with zero attached hydrogens (tertiary/aromatic N) is 1. The van der Waals surface area contributed by atoms with Crippen molar-refractivity contribution >= 4 is 22.0 Å². The molecular weight excluding hydrogens is 308 g/mol. The molecule has 1 aromatic carbocycles. The van der Waals surface area contributed by atoms with Crippen molar-refractivity contribution < 1.29 is 9.53 Å². The Kier molecular flexibility index (Phi) is 5.22. The summed E-state index contributed by atoms with van der Waals surface area (Å²) in [5, 5.41) is 2.91. The van der Waals surface area contributed by atoms with Crippen molar-refractivity contribution in [1.29, 1.82) is 0 Å². The van der Waals surface area contributed by atoms with Gasteiger partial charge in [0.1, 0.15) is 6.10 Å². The van der Waals surface area contributed by atoms with E-state index in [4.69, 9.17) is 4.74 Å². The molecule has 1 heterocycles. The average Bonchev–Trinajstić information content (AvgIpc) is 2.45. The molecular formula is C14H19BrN2O2. The number of benzene rings is 1. The quantitative estimate of drug-likeness (QED) is 0.927. The minimum atomic E-state index is -0.0429. The van der Waals surface area contributed by atoms with Gasteiger partial charge in [-0.15, -0.1) is 0 Å². The maximum absolute atomic E-state index is 12.0. The fraction of sp³-hybridized carbons (Fsp3) is 0.500. The number of ether oxygens (including phenoxy) is 1. The summed E-state index contributed by atoms with van der Waals surface area (Å²) >= 11 is 3.46. The number of carbonyl (C=O) groups excluding carboxylic acids is 1. The predicted octanol–water partition coefficient (Wildman–Crippen LogP) is 2.94. The van der Waals surface area contributed by atoms with Crippen LogP contribution in [-0.2, 0) is 4.74 Å². The Labute approximate surface area is 122 Å². The number of halogens is 1. The summed E-state index contributed by atoms with van der Waals surface area (Å²) in [6, 6.07) is 8.04. The van der Waals surface area contributed by atoms with Gasteiger partial charge in [-0.25, -0.2) is 4.79 Å². The summed E-state index contributed by atoms with van der Waals surface area (Å²) in [6.45, 7) is 4.60. The number of morpholine rings is 1. The number of carbonyl (C=O) groups is 1. The van der Waals surface area contributed by atoms with E-state index >= 15 is 0 Å². The molecule has 0 bridgehead atoms. The van der Waals surface area contributed by atoms with Gasteiger partial charge in [0.2, 0.25) is 0 Å². The Morgan fingerprint density at radius 1 is 1.58 bits per heavy atom. The molecule has 1 fully saturated rings. The van der Waals surface area contributed by atoms with Crippen molar-refractivity contribution in [3.8, 4) is 0 Å². The number of hydrogen-bond donors (Lipinski definition) is 1. The van der Waals surface area contributed by atoms with Gasteiger partial charge < -0.3 is 15.0 Å². The number of nitrogens with one attached hydrogen (secondary N) is 1. The van der Waals surface area contributed by atoms with Crippen LogP contribution >= 0.6 is 15.9 Å². The highest BCUT2D eigenvalue weighted by Gasteiger charge is 2.25. The van der Waals surface area contributed by atoms with Crippen LogP contribution in [0.2, 0.25) is 0 Å². The molecule has 1 aliphatic heterocycles. The Morgan fingerprint density at radius 2 is 2.42 bits per heavy atom. The standard InChI is InChI=1S/C14H19BrN2O2/c1-2-6-16-14(18)17-7-8-19-13(10-17)11-4-3-5-12(15)9-11/h3-5,9,13H,2,6-8,10H2,1H3,(H,16,18). The first-order valence-electron chi connectivity index (χ1n) is 6.60. The topological polar surface area (TPSA) is 41.6 Å². The van der Waals surface area contributed by atoms with Gasteiger partial charge in [0.05, 0.1) is 13.2 Å². The maximum atomic E-state index is 12.0. The van der Waals surface area contributed by atoms with Gasteiger partial charge >= 0.3 is 6.03 Å². The number of amides is 2. The molecule has 5 heteroatoms. The van der Waals surface area contributed by atoms with Crippen LogP contribution in [0.5, 0.6) is 0 Å². The number of rotatable bonds is 3. The summed E-state index contributed by atoms with van der Waals surface area (Å²) in [4.78, 5) is 13.8. The zero-order valence-corrected chi connectivity index (χ0v) is 12.6. The lowest BCUT2D eigenvalue weighted by atomic mass is 10.1. The monoisotopic (exact) mass is 326 g/mol. The molecule has 1 aromatic rings. The molecule has 2 rings (SSSR count). The Hall–Kier alpha value is -1.07. The first kappa shape index (κ1) is 14.3.